The highest BCUT2D eigenvalue weighted by Crippen LogP contribution is 2.17. The Labute approximate surface area is 74.6 Å². The van der Waals surface area contributed by atoms with Gasteiger partial charge >= 0.3 is 0 Å². The molecule has 3 nitrogen and oxygen atoms in total. The monoisotopic (exact) mass is 185 g/mol. The fourth-order valence-corrected chi connectivity index (χ4v) is 0.854. The van der Waals surface area contributed by atoms with Gasteiger partial charge < -0.3 is 0 Å². The van der Waals surface area contributed by atoms with Gasteiger partial charge in [-0.25, -0.2) is 8.78 Å². The number of hydrogen-bond acceptors (Lipinski definition) is 2. The standard InChI is InChI=1S/C8H9F2N3/c1-8(9,10)2-3-13-6-7(4-11)5-12-13/h5-6H,2-3H2,1H3. The lowest BCUT2D eigenvalue weighted by molar-refractivity contribution is 0.00779. The minimum atomic E-state index is -2.68. The van der Waals surface area contributed by atoms with Crippen molar-refractivity contribution in [1.29, 1.82) is 5.26 Å². The van der Waals surface area contributed by atoms with Gasteiger partial charge in [0.2, 0.25) is 5.92 Å². The van der Waals surface area contributed by atoms with E-state index in [1.54, 1.807) is 0 Å². The van der Waals surface area contributed by atoms with Gasteiger partial charge in [-0.2, -0.15) is 10.4 Å². The van der Waals surface area contributed by atoms with E-state index in [1.807, 2.05) is 6.07 Å². The second kappa shape index (κ2) is 3.52. The molecule has 0 radical (unpaired) electrons. The molecule has 0 N–H and O–H groups in total. The van der Waals surface area contributed by atoms with Crippen molar-refractivity contribution >= 4 is 0 Å². The summed E-state index contributed by atoms with van der Waals surface area (Å²) in [6, 6.07) is 1.87. The maximum absolute atomic E-state index is 12.4. The van der Waals surface area contributed by atoms with Crippen molar-refractivity contribution in [2.24, 2.45) is 0 Å². The van der Waals surface area contributed by atoms with E-state index < -0.39 is 5.92 Å². The van der Waals surface area contributed by atoms with E-state index in [9.17, 15) is 8.78 Å². The Kier molecular flexibility index (Phi) is 2.61. The van der Waals surface area contributed by atoms with Gasteiger partial charge in [0.1, 0.15) is 6.07 Å². The predicted octanol–water partition coefficient (Wildman–Crippen LogP) is 1.80. The van der Waals surface area contributed by atoms with E-state index in [0.29, 0.717) is 5.56 Å². The van der Waals surface area contributed by atoms with Gasteiger partial charge in [0, 0.05) is 19.2 Å². The van der Waals surface area contributed by atoms with Crippen molar-refractivity contribution in [3.63, 3.8) is 0 Å². The molecule has 0 saturated carbocycles. The Morgan fingerprint density at radius 1 is 1.69 bits per heavy atom. The molecule has 0 fully saturated rings. The Balaban J connectivity index is 2.52. The maximum atomic E-state index is 12.4. The van der Waals surface area contributed by atoms with E-state index in [2.05, 4.69) is 5.10 Å². The van der Waals surface area contributed by atoms with Crippen molar-refractivity contribution in [3.05, 3.63) is 18.0 Å². The summed E-state index contributed by atoms with van der Waals surface area (Å²) in [7, 11) is 0. The largest absolute Gasteiger partial charge is 0.271 e. The van der Waals surface area contributed by atoms with Crippen LogP contribution in [0.3, 0.4) is 0 Å². The summed E-state index contributed by atoms with van der Waals surface area (Å²) in [5, 5.41) is 12.2. The fraction of sp³-hybridized carbons (Fsp3) is 0.500. The van der Waals surface area contributed by atoms with Crippen LogP contribution in [0.2, 0.25) is 0 Å². The zero-order chi connectivity index (χ0) is 9.90. The van der Waals surface area contributed by atoms with Gasteiger partial charge in [-0.3, -0.25) is 4.68 Å². The minimum Gasteiger partial charge on any atom is -0.271 e. The van der Waals surface area contributed by atoms with Crippen molar-refractivity contribution in [2.45, 2.75) is 25.8 Å². The average Bonchev–Trinajstić information content (AvgIpc) is 2.47. The smallest absolute Gasteiger partial charge is 0.247 e. The molecule has 1 aromatic heterocycles. The summed E-state index contributed by atoms with van der Waals surface area (Å²) >= 11 is 0. The molecule has 0 aliphatic heterocycles. The first-order valence-electron chi connectivity index (χ1n) is 3.82. The lowest BCUT2D eigenvalue weighted by Crippen LogP contribution is -2.13. The lowest BCUT2D eigenvalue weighted by atomic mass is 10.3. The molecule has 5 heteroatoms. The number of hydrogen-bond donors (Lipinski definition) is 0. The highest BCUT2D eigenvalue weighted by atomic mass is 19.3. The van der Waals surface area contributed by atoms with E-state index in [-0.39, 0.29) is 13.0 Å². The summed E-state index contributed by atoms with van der Waals surface area (Å²) in [5.41, 5.74) is 0.388. The molecule has 0 amide bonds. The van der Waals surface area contributed by atoms with Gasteiger partial charge in [0.15, 0.2) is 0 Å². The summed E-state index contributed by atoms with van der Waals surface area (Å²) in [4.78, 5) is 0. The second-order valence-corrected chi connectivity index (χ2v) is 2.92. The number of halogens is 2. The third kappa shape index (κ3) is 3.20. The highest BCUT2D eigenvalue weighted by Gasteiger charge is 2.20. The second-order valence-electron chi connectivity index (χ2n) is 2.92. The van der Waals surface area contributed by atoms with E-state index >= 15 is 0 Å². The Morgan fingerprint density at radius 3 is 2.85 bits per heavy atom. The summed E-state index contributed by atoms with van der Waals surface area (Å²) in [6.45, 7) is 0.993. The van der Waals surface area contributed by atoms with Crippen molar-refractivity contribution in [2.75, 3.05) is 0 Å². The van der Waals surface area contributed by atoms with E-state index in [4.69, 9.17) is 5.26 Å². The van der Waals surface area contributed by atoms with Crippen LogP contribution in [0.25, 0.3) is 0 Å². The first kappa shape index (κ1) is 9.65. The topological polar surface area (TPSA) is 41.6 Å². The van der Waals surface area contributed by atoms with Crippen LogP contribution in [-0.2, 0) is 6.54 Å². The maximum Gasteiger partial charge on any atom is 0.247 e. The Morgan fingerprint density at radius 2 is 2.38 bits per heavy atom. The normalized spacial score (nSPS) is 11.2. The summed E-state index contributed by atoms with van der Waals surface area (Å²) in [6.07, 6.45) is 2.54. The molecule has 0 aliphatic carbocycles. The van der Waals surface area contributed by atoms with E-state index in [1.165, 1.54) is 17.1 Å². The van der Waals surface area contributed by atoms with Crippen LogP contribution in [0.1, 0.15) is 18.9 Å². The molecular weight excluding hydrogens is 176 g/mol. The highest BCUT2D eigenvalue weighted by molar-refractivity contribution is 5.21. The van der Waals surface area contributed by atoms with Crippen LogP contribution in [0, 0.1) is 11.3 Å². The first-order valence-corrected chi connectivity index (χ1v) is 3.82. The molecule has 1 rings (SSSR count). The minimum absolute atomic E-state index is 0.130. The third-order valence-electron chi connectivity index (χ3n) is 1.54. The summed E-state index contributed by atoms with van der Waals surface area (Å²) in [5.74, 6) is -2.68. The molecule has 0 saturated heterocycles. The number of nitrogens with zero attached hydrogens (tertiary/aromatic N) is 3. The lowest BCUT2D eigenvalue weighted by Gasteiger charge is -2.08. The number of aromatic nitrogens is 2. The molecule has 0 spiro atoms. The zero-order valence-corrected chi connectivity index (χ0v) is 7.17. The number of aryl methyl sites for hydroxylation is 1. The molecule has 1 aromatic rings. The fourth-order valence-electron chi connectivity index (χ4n) is 0.854. The molecule has 1 heterocycles. The van der Waals surface area contributed by atoms with Crippen molar-refractivity contribution in [3.8, 4) is 6.07 Å². The molecule has 0 aliphatic rings. The number of nitriles is 1. The van der Waals surface area contributed by atoms with Gasteiger partial charge in [-0.1, -0.05) is 0 Å². The third-order valence-corrected chi connectivity index (χ3v) is 1.54. The number of alkyl halides is 2. The van der Waals surface area contributed by atoms with E-state index in [0.717, 1.165) is 6.92 Å². The van der Waals surface area contributed by atoms with Gasteiger partial charge in [0.25, 0.3) is 0 Å². The van der Waals surface area contributed by atoms with Gasteiger partial charge in [-0.15, -0.1) is 0 Å². The van der Waals surface area contributed by atoms with Gasteiger partial charge in [0.05, 0.1) is 11.8 Å². The van der Waals surface area contributed by atoms with Crippen LogP contribution in [0.5, 0.6) is 0 Å². The van der Waals surface area contributed by atoms with Crippen LogP contribution in [-0.4, -0.2) is 15.7 Å². The van der Waals surface area contributed by atoms with Crippen molar-refractivity contribution in [1.82, 2.24) is 9.78 Å². The SMILES string of the molecule is CC(F)(F)CCn1cc(C#N)cn1. The molecule has 0 atom stereocenters. The first-order chi connectivity index (χ1) is 6.01. The zero-order valence-electron chi connectivity index (χ0n) is 7.17. The molecule has 0 unspecified atom stereocenters. The predicted molar refractivity (Wildman–Crippen MR) is 42.2 cm³/mol. The van der Waals surface area contributed by atoms with Crippen LogP contribution in [0.4, 0.5) is 8.78 Å². The average molecular weight is 185 g/mol. The Hall–Kier alpha value is -1.44. The quantitative estimate of drug-likeness (QED) is 0.720. The van der Waals surface area contributed by atoms with Crippen LogP contribution < -0.4 is 0 Å². The summed E-state index contributed by atoms with van der Waals surface area (Å²) < 4.78 is 26.1. The van der Waals surface area contributed by atoms with Crippen molar-refractivity contribution < 1.29 is 8.78 Å². The molecule has 0 aromatic carbocycles. The van der Waals surface area contributed by atoms with Crippen LogP contribution in [0.15, 0.2) is 12.4 Å². The molecule has 0 bridgehead atoms. The molecular formula is C8H9F2N3. The molecule has 13 heavy (non-hydrogen) atoms. The molecule has 70 valence electrons. The van der Waals surface area contributed by atoms with Gasteiger partial charge in [-0.05, 0) is 6.92 Å². The Bertz CT molecular complexity index is 319. The number of rotatable bonds is 3. The van der Waals surface area contributed by atoms with Crippen LogP contribution >= 0.6 is 0 Å².